The van der Waals surface area contributed by atoms with Crippen LogP contribution in [0, 0.1) is 0 Å². The summed E-state index contributed by atoms with van der Waals surface area (Å²) in [5, 5.41) is 2.62. The van der Waals surface area contributed by atoms with E-state index in [9.17, 15) is 4.79 Å². The molecule has 0 spiro atoms. The van der Waals surface area contributed by atoms with Crippen LogP contribution in [0.15, 0.2) is 0 Å². The van der Waals surface area contributed by atoms with Gasteiger partial charge >= 0.3 is 6.09 Å². The third-order valence-corrected chi connectivity index (χ3v) is 3.19. The van der Waals surface area contributed by atoms with Crippen molar-refractivity contribution in [1.82, 2.24) is 5.32 Å². The summed E-state index contributed by atoms with van der Waals surface area (Å²) in [5.41, 5.74) is 4.78. The number of hydrogen-bond acceptors (Lipinski definition) is 11. The molecule has 0 aliphatic heterocycles. The van der Waals surface area contributed by atoms with Gasteiger partial charge in [-0.25, -0.2) is 14.6 Å². The lowest BCUT2D eigenvalue weighted by molar-refractivity contribution is -0.340. The molecule has 0 saturated heterocycles. The van der Waals surface area contributed by atoms with Crippen LogP contribution in [0.5, 0.6) is 0 Å². The first-order valence-electron chi connectivity index (χ1n) is 10.8. The van der Waals surface area contributed by atoms with E-state index in [1.165, 1.54) is 0 Å². The lowest BCUT2D eigenvalue weighted by atomic mass is 10.2. The quantitative estimate of drug-likeness (QED) is 0.0933. The average Bonchev–Trinajstić information content (AvgIpc) is 2.73. The third-order valence-electron chi connectivity index (χ3n) is 3.19. The van der Waals surface area contributed by atoms with Crippen molar-refractivity contribution in [2.45, 2.75) is 26.4 Å². The van der Waals surface area contributed by atoms with Gasteiger partial charge in [-0.15, -0.1) is 0 Å². The maximum atomic E-state index is 11.4. The van der Waals surface area contributed by atoms with Crippen LogP contribution in [0.3, 0.4) is 0 Å². The number of amides is 1. The van der Waals surface area contributed by atoms with Gasteiger partial charge in [-0.1, -0.05) is 0 Å². The van der Waals surface area contributed by atoms with Gasteiger partial charge in [0.1, 0.15) is 12.2 Å². The van der Waals surface area contributed by atoms with Gasteiger partial charge < -0.3 is 44.2 Å². The predicted octanol–water partition coefficient (Wildman–Crippen LogP) is 0.475. The highest BCUT2D eigenvalue weighted by Gasteiger charge is 2.15. The van der Waals surface area contributed by atoms with Gasteiger partial charge in [0.2, 0.25) is 0 Å². The molecule has 0 rings (SSSR count). The van der Waals surface area contributed by atoms with E-state index in [0.717, 1.165) is 0 Å². The Morgan fingerprint density at radius 3 is 1.66 bits per heavy atom. The van der Waals surface area contributed by atoms with Gasteiger partial charge in [-0.3, -0.25) is 0 Å². The third kappa shape index (κ3) is 26.9. The summed E-state index contributed by atoms with van der Waals surface area (Å²) in [7, 11) is 0. The summed E-state index contributed by atoms with van der Waals surface area (Å²) in [6.45, 7) is 11.6. The fourth-order valence-corrected chi connectivity index (χ4v) is 1.88. The van der Waals surface area contributed by atoms with Crippen LogP contribution in [0.25, 0.3) is 0 Å². The predicted molar refractivity (Wildman–Crippen MR) is 115 cm³/mol. The fraction of sp³-hybridized carbons (Fsp3) is 0.950. The number of nitrogens with two attached hydrogens (primary N) is 1. The topological polar surface area (TPSA) is 138 Å². The van der Waals surface area contributed by atoms with E-state index in [4.69, 9.17) is 48.7 Å². The normalized spacial score (nSPS) is 11.6. The number of ether oxygens (including phenoxy) is 7. The van der Waals surface area contributed by atoms with Crippen LogP contribution in [0.1, 0.15) is 20.8 Å². The molecule has 0 aromatic heterocycles. The number of hydrogen-bond donors (Lipinski definition) is 2. The number of carbonyl (C=O) groups is 1. The molecule has 0 atom stereocenters. The second kappa shape index (κ2) is 23.1. The Labute approximate surface area is 191 Å². The highest BCUT2D eigenvalue weighted by Crippen LogP contribution is 2.05. The highest BCUT2D eigenvalue weighted by molar-refractivity contribution is 5.67. The minimum atomic E-state index is -0.507. The van der Waals surface area contributed by atoms with Crippen LogP contribution >= 0.6 is 0 Å². The SMILES string of the molecule is CC(C)(C)OC(=O)NCCOCCOCCOCCOCCOOCOCCOCCN. The fourth-order valence-electron chi connectivity index (χ4n) is 1.88. The van der Waals surface area contributed by atoms with Gasteiger partial charge in [0, 0.05) is 13.1 Å². The second-order valence-corrected chi connectivity index (χ2v) is 7.25. The average molecular weight is 471 g/mol. The van der Waals surface area contributed by atoms with Crippen molar-refractivity contribution in [3.8, 4) is 0 Å². The van der Waals surface area contributed by atoms with E-state index in [-0.39, 0.29) is 6.79 Å². The summed E-state index contributed by atoms with van der Waals surface area (Å²) < 4.78 is 36.8. The Hall–Kier alpha value is -1.09. The first-order chi connectivity index (χ1) is 15.5. The van der Waals surface area contributed by atoms with Crippen molar-refractivity contribution < 1.29 is 47.7 Å². The Kier molecular flexibility index (Phi) is 22.3. The molecule has 0 aliphatic carbocycles. The second-order valence-electron chi connectivity index (χ2n) is 7.25. The molecule has 0 bridgehead atoms. The maximum Gasteiger partial charge on any atom is 0.407 e. The molecule has 32 heavy (non-hydrogen) atoms. The first kappa shape index (κ1) is 30.9. The maximum absolute atomic E-state index is 11.4. The van der Waals surface area contributed by atoms with Gasteiger partial charge in [-0.2, -0.15) is 0 Å². The van der Waals surface area contributed by atoms with E-state index >= 15 is 0 Å². The van der Waals surface area contributed by atoms with Crippen LogP contribution in [-0.4, -0.2) is 111 Å². The highest BCUT2D eigenvalue weighted by atomic mass is 17.2. The number of rotatable bonds is 23. The smallest absolute Gasteiger partial charge is 0.407 e. The first-order valence-corrected chi connectivity index (χ1v) is 10.8. The molecule has 0 unspecified atom stereocenters. The summed E-state index contributed by atoms with van der Waals surface area (Å²) in [4.78, 5) is 21.1. The molecule has 0 radical (unpaired) electrons. The number of nitrogens with one attached hydrogen (secondary N) is 1. The van der Waals surface area contributed by atoms with Crippen molar-refractivity contribution >= 4 is 6.09 Å². The van der Waals surface area contributed by atoms with Gasteiger partial charge in [0.25, 0.3) is 0 Å². The van der Waals surface area contributed by atoms with Crippen molar-refractivity contribution in [3.63, 3.8) is 0 Å². The molecular weight excluding hydrogens is 428 g/mol. The monoisotopic (exact) mass is 470 g/mol. The Morgan fingerprint density at radius 2 is 1.12 bits per heavy atom. The zero-order valence-electron chi connectivity index (χ0n) is 19.8. The summed E-state index contributed by atoms with van der Waals surface area (Å²) in [6, 6.07) is 0. The number of carbonyl (C=O) groups excluding carboxylic acids is 1. The van der Waals surface area contributed by atoms with E-state index in [1.807, 2.05) is 20.8 Å². The zero-order chi connectivity index (χ0) is 23.8. The van der Waals surface area contributed by atoms with Gasteiger partial charge in [0.05, 0.1) is 72.7 Å². The molecule has 12 heteroatoms. The van der Waals surface area contributed by atoms with Crippen LogP contribution in [0.2, 0.25) is 0 Å². The molecule has 1 amide bonds. The Bertz CT molecular complexity index is 410. The minimum absolute atomic E-state index is 0.0309. The van der Waals surface area contributed by atoms with E-state index < -0.39 is 11.7 Å². The van der Waals surface area contributed by atoms with Crippen molar-refractivity contribution in [3.05, 3.63) is 0 Å². The van der Waals surface area contributed by atoms with Gasteiger partial charge in [0.15, 0.2) is 6.79 Å². The molecule has 0 heterocycles. The van der Waals surface area contributed by atoms with Gasteiger partial charge in [-0.05, 0) is 20.8 Å². The molecular formula is C20H42N2O10. The minimum Gasteiger partial charge on any atom is -0.444 e. The largest absolute Gasteiger partial charge is 0.444 e. The summed E-state index contributed by atoms with van der Waals surface area (Å²) >= 11 is 0. The summed E-state index contributed by atoms with van der Waals surface area (Å²) in [6.07, 6.45) is -0.454. The standard InChI is InChI=1S/C20H42N2O10/c1-20(2,3)32-19(23)22-5-7-25-8-9-26-10-11-27-12-13-28-16-17-30-31-18-29-15-14-24-6-4-21/h4-18,21H2,1-3H3,(H,22,23). The number of alkyl carbamates (subject to hydrolysis) is 1. The van der Waals surface area contributed by atoms with E-state index in [2.05, 4.69) is 5.32 Å². The molecule has 12 nitrogen and oxygen atoms in total. The van der Waals surface area contributed by atoms with Crippen molar-refractivity contribution in [2.75, 3.05) is 99.2 Å². The Morgan fingerprint density at radius 1 is 0.656 bits per heavy atom. The molecule has 0 fully saturated rings. The molecule has 3 N–H and O–H groups in total. The van der Waals surface area contributed by atoms with E-state index in [0.29, 0.717) is 92.4 Å². The molecule has 0 aromatic carbocycles. The lowest BCUT2D eigenvalue weighted by Crippen LogP contribution is -2.34. The molecule has 0 aromatic rings. The van der Waals surface area contributed by atoms with Crippen LogP contribution < -0.4 is 11.1 Å². The molecule has 192 valence electrons. The molecule has 0 aliphatic rings. The summed E-state index contributed by atoms with van der Waals surface area (Å²) in [5.74, 6) is 0. The van der Waals surface area contributed by atoms with Crippen molar-refractivity contribution in [2.24, 2.45) is 5.73 Å². The lowest BCUT2D eigenvalue weighted by Gasteiger charge is -2.19. The zero-order valence-corrected chi connectivity index (χ0v) is 19.8. The van der Waals surface area contributed by atoms with E-state index in [1.54, 1.807) is 0 Å². The van der Waals surface area contributed by atoms with Crippen molar-refractivity contribution in [1.29, 1.82) is 0 Å². The molecule has 0 saturated carbocycles. The van der Waals surface area contributed by atoms with Crippen LogP contribution in [-0.2, 0) is 42.9 Å². The Balaban J connectivity index is 3.10. The van der Waals surface area contributed by atoms with Crippen LogP contribution in [0.4, 0.5) is 4.79 Å².